The van der Waals surface area contributed by atoms with Crippen LogP contribution in [0, 0.1) is 0 Å². The van der Waals surface area contributed by atoms with Gasteiger partial charge in [-0.25, -0.2) is 13.1 Å². The molecule has 0 spiro atoms. The normalized spacial score (nSPS) is 12.7. The first-order valence-electron chi connectivity index (χ1n) is 9.19. The second-order valence-corrected chi connectivity index (χ2v) is 9.00. The Kier molecular flexibility index (Phi) is 10.9. The van der Waals surface area contributed by atoms with E-state index >= 15 is 0 Å². The number of sulfonamides is 1. The van der Waals surface area contributed by atoms with Gasteiger partial charge in [0.2, 0.25) is 10.0 Å². The zero-order chi connectivity index (χ0) is 19.4. The summed E-state index contributed by atoms with van der Waals surface area (Å²) in [6.45, 7) is 2.41. The molecule has 0 fully saturated rings. The van der Waals surface area contributed by atoms with Gasteiger partial charge in [-0.3, -0.25) is 4.79 Å². The number of hydrogen-bond donors (Lipinski definition) is 2. The van der Waals surface area contributed by atoms with Crippen molar-refractivity contribution >= 4 is 28.6 Å². The van der Waals surface area contributed by atoms with E-state index in [0.29, 0.717) is 6.42 Å². The molecule has 1 aromatic rings. The van der Waals surface area contributed by atoms with Gasteiger partial charge in [-0.1, -0.05) is 63.3 Å². The van der Waals surface area contributed by atoms with Gasteiger partial charge >= 0.3 is 5.97 Å². The van der Waals surface area contributed by atoms with Crippen LogP contribution in [0.1, 0.15) is 61.8 Å². The molecule has 0 aliphatic rings. The van der Waals surface area contributed by atoms with Crippen molar-refractivity contribution in [3.63, 3.8) is 0 Å². The molecule has 7 heteroatoms. The monoisotopic (exact) mass is 401 g/mol. The molecule has 1 atom stereocenters. The van der Waals surface area contributed by atoms with Crippen molar-refractivity contribution in [3.05, 3.63) is 35.4 Å². The summed E-state index contributed by atoms with van der Waals surface area (Å²) >= 11 is 4.48. The summed E-state index contributed by atoms with van der Waals surface area (Å²) in [5, 5.41) is -0.235. The molecule has 0 saturated carbocycles. The SMILES string of the molecule is CCCCCCCCS(=O)(=O)NCC(S)c1ccc(CC(=O)OC)cc1. The molecule has 0 heterocycles. The van der Waals surface area contributed by atoms with E-state index in [9.17, 15) is 13.2 Å². The number of thiol groups is 1. The Hall–Kier alpha value is -1.05. The predicted molar refractivity (Wildman–Crippen MR) is 109 cm³/mol. The standard InChI is InChI=1S/C19H31NO4S2/c1-3-4-5-6-7-8-13-26(22,23)20-15-18(25)17-11-9-16(10-12-17)14-19(21)24-2/h9-12,18,20,25H,3-8,13-15H2,1-2H3. The highest BCUT2D eigenvalue weighted by atomic mass is 32.2. The number of nitrogens with one attached hydrogen (secondary N) is 1. The number of hydrogen-bond acceptors (Lipinski definition) is 5. The van der Waals surface area contributed by atoms with Crippen LogP contribution in [-0.4, -0.2) is 33.8 Å². The minimum absolute atomic E-state index is 0.164. The van der Waals surface area contributed by atoms with Crippen LogP contribution in [0.4, 0.5) is 0 Å². The van der Waals surface area contributed by atoms with Crippen LogP contribution < -0.4 is 4.72 Å². The second kappa shape index (κ2) is 12.4. The van der Waals surface area contributed by atoms with Gasteiger partial charge in [0.1, 0.15) is 0 Å². The molecule has 148 valence electrons. The molecule has 0 aliphatic heterocycles. The molecule has 0 bridgehead atoms. The van der Waals surface area contributed by atoms with Crippen molar-refractivity contribution in [2.45, 2.75) is 57.1 Å². The molecule has 5 nitrogen and oxygen atoms in total. The lowest BCUT2D eigenvalue weighted by atomic mass is 10.1. The quantitative estimate of drug-likeness (QED) is 0.301. The molecule has 0 aliphatic carbocycles. The van der Waals surface area contributed by atoms with Gasteiger partial charge in [-0.2, -0.15) is 12.6 Å². The van der Waals surface area contributed by atoms with Crippen LogP contribution in [0.15, 0.2) is 24.3 Å². The maximum Gasteiger partial charge on any atom is 0.309 e. The largest absolute Gasteiger partial charge is 0.469 e. The predicted octanol–water partition coefficient (Wildman–Crippen LogP) is 3.65. The maximum atomic E-state index is 12.1. The van der Waals surface area contributed by atoms with Crippen molar-refractivity contribution in [2.75, 3.05) is 19.4 Å². The van der Waals surface area contributed by atoms with Crippen LogP contribution in [0.25, 0.3) is 0 Å². The summed E-state index contributed by atoms with van der Waals surface area (Å²) < 4.78 is 31.4. The van der Waals surface area contributed by atoms with Crippen molar-refractivity contribution in [3.8, 4) is 0 Å². The Morgan fingerprint density at radius 3 is 2.35 bits per heavy atom. The average molecular weight is 402 g/mol. The highest BCUT2D eigenvalue weighted by Crippen LogP contribution is 2.20. The second-order valence-electron chi connectivity index (χ2n) is 6.45. The van der Waals surface area contributed by atoms with E-state index in [-0.39, 0.29) is 29.9 Å². The smallest absolute Gasteiger partial charge is 0.309 e. The van der Waals surface area contributed by atoms with Crippen LogP contribution >= 0.6 is 12.6 Å². The van der Waals surface area contributed by atoms with E-state index in [1.165, 1.54) is 26.4 Å². The molecule has 0 saturated heterocycles. The molecule has 1 N–H and O–H groups in total. The van der Waals surface area contributed by atoms with E-state index in [1.807, 2.05) is 24.3 Å². The first-order chi connectivity index (χ1) is 12.4. The number of carbonyl (C=O) groups excluding carboxylic acids is 1. The molecule has 1 unspecified atom stereocenters. The summed E-state index contributed by atoms with van der Waals surface area (Å²) in [6, 6.07) is 7.39. The summed E-state index contributed by atoms with van der Waals surface area (Å²) in [5.41, 5.74) is 1.76. The summed E-state index contributed by atoms with van der Waals surface area (Å²) in [6.07, 6.45) is 6.53. The lowest BCUT2D eigenvalue weighted by Crippen LogP contribution is -2.29. The highest BCUT2D eigenvalue weighted by molar-refractivity contribution is 7.89. The number of benzene rings is 1. The molecular formula is C19H31NO4S2. The van der Waals surface area contributed by atoms with Crippen molar-refractivity contribution in [1.29, 1.82) is 0 Å². The van der Waals surface area contributed by atoms with Crippen LogP contribution in [0.2, 0.25) is 0 Å². The fourth-order valence-electron chi connectivity index (χ4n) is 2.56. The number of ether oxygens (including phenoxy) is 1. The molecule has 0 radical (unpaired) electrons. The number of methoxy groups -OCH3 is 1. The zero-order valence-electron chi connectivity index (χ0n) is 15.7. The average Bonchev–Trinajstić information content (AvgIpc) is 2.63. The third-order valence-corrected chi connectivity index (χ3v) is 6.12. The first-order valence-corrected chi connectivity index (χ1v) is 11.4. The van der Waals surface area contributed by atoms with Crippen LogP contribution in [-0.2, 0) is 26.0 Å². The molecule has 26 heavy (non-hydrogen) atoms. The third kappa shape index (κ3) is 9.59. The van der Waals surface area contributed by atoms with Crippen molar-refractivity contribution in [1.82, 2.24) is 4.72 Å². The van der Waals surface area contributed by atoms with Crippen molar-refractivity contribution < 1.29 is 17.9 Å². The third-order valence-electron chi connectivity index (χ3n) is 4.20. The van der Waals surface area contributed by atoms with E-state index in [1.54, 1.807) is 0 Å². The lowest BCUT2D eigenvalue weighted by molar-refractivity contribution is -0.139. The Morgan fingerprint density at radius 2 is 1.73 bits per heavy atom. The van der Waals surface area contributed by atoms with Gasteiger partial charge < -0.3 is 4.74 Å². The van der Waals surface area contributed by atoms with Gasteiger partial charge in [0.15, 0.2) is 0 Å². The molecular weight excluding hydrogens is 370 g/mol. The fraction of sp³-hybridized carbons (Fsp3) is 0.632. The maximum absolute atomic E-state index is 12.1. The van der Waals surface area contributed by atoms with Gasteiger partial charge in [0.25, 0.3) is 0 Å². The van der Waals surface area contributed by atoms with Gasteiger partial charge in [0, 0.05) is 11.8 Å². The van der Waals surface area contributed by atoms with E-state index in [2.05, 4.69) is 29.0 Å². The summed E-state index contributed by atoms with van der Waals surface area (Å²) in [7, 11) is -1.91. The number of esters is 1. The molecule has 1 aromatic carbocycles. The fourth-order valence-corrected chi connectivity index (χ4v) is 4.10. The Labute approximate surface area is 163 Å². The van der Waals surface area contributed by atoms with Crippen molar-refractivity contribution in [2.24, 2.45) is 0 Å². The minimum atomic E-state index is -3.26. The van der Waals surface area contributed by atoms with Crippen LogP contribution in [0.5, 0.6) is 0 Å². The van der Waals surface area contributed by atoms with E-state index < -0.39 is 10.0 Å². The van der Waals surface area contributed by atoms with Gasteiger partial charge in [-0.05, 0) is 17.5 Å². The summed E-state index contributed by atoms with van der Waals surface area (Å²) in [5.74, 6) is -0.125. The minimum Gasteiger partial charge on any atom is -0.469 e. The van der Waals surface area contributed by atoms with Gasteiger partial charge in [-0.15, -0.1) is 0 Å². The molecule has 0 aromatic heterocycles. The summed E-state index contributed by atoms with van der Waals surface area (Å²) in [4.78, 5) is 11.3. The molecule has 0 amide bonds. The Bertz CT molecular complexity index is 629. The topological polar surface area (TPSA) is 72.5 Å². The lowest BCUT2D eigenvalue weighted by Gasteiger charge is -2.13. The number of unbranched alkanes of at least 4 members (excludes halogenated alkanes) is 5. The van der Waals surface area contributed by atoms with E-state index in [4.69, 9.17) is 0 Å². The zero-order valence-corrected chi connectivity index (χ0v) is 17.5. The highest BCUT2D eigenvalue weighted by Gasteiger charge is 2.14. The first kappa shape index (κ1) is 23.0. The van der Waals surface area contributed by atoms with Gasteiger partial charge in [0.05, 0.1) is 19.3 Å². The van der Waals surface area contributed by atoms with Crippen LogP contribution in [0.3, 0.4) is 0 Å². The Morgan fingerprint density at radius 1 is 1.12 bits per heavy atom. The Balaban J connectivity index is 2.37. The number of carbonyl (C=O) groups is 1. The molecule has 1 rings (SSSR count). The van der Waals surface area contributed by atoms with E-state index in [0.717, 1.165) is 24.0 Å². The number of rotatable bonds is 13.